The molecule has 2 aliphatic rings. The summed E-state index contributed by atoms with van der Waals surface area (Å²) in [6.45, 7) is 1.76. The Hall–Kier alpha value is -2.29. The van der Waals surface area contributed by atoms with Crippen LogP contribution in [0.25, 0.3) is 0 Å². The van der Waals surface area contributed by atoms with Crippen molar-refractivity contribution in [3.05, 3.63) is 23.5 Å². The lowest BCUT2D eigenvalue weighted by Crippen LogP contribution is -2.53. The number of nitrogens with zero attached hydrogens (tertiary/aromatic N) is 3. The van der Waals surface area contributed by atoms with Crippen molar-refractivity contribution in [1.29, 1.82) is 5.26 Å². The van der Waals surface area contributed by atoms with Crippen molar-refractivity contribution in [3.63, 3.8) is 0 Å². The number of carbonyl (C=O) groups excluding carboxylic acids is 2. The highest BCUT2D eigenvalue weighted by atomic mass is 16.2. The second-order valence-corrected chi connectivity index (χ2v) is 4.94. The van der Waals surface area contributed by atoms with E-state index >= 15 is 0 Å². The molecule has 0 radical (unpaired) electrons. The predicted molar refractivity (Wildman–Crippen MR) is 66.1 cm³/mol. The van der Waals surface area contributed by atoms with Gasteiger partial charge in [-0.15, -0.1) is 0 Å². The van der Waals surface area contributed by atoms with Crippen molar-refractivity contribution in [2.45, 2.75) is 18.9 Å². The van der Waals surface area contributed by atoms with E-state index in [4.69, 9.17) is 5.26 Å². The Bertz CT molecular complexity index is 571. The first-order chi connectivity index (χ1) is 9.19. The number of nitriles is 1. The van der Waals surface area contributed by atoms with Gasteiger partial charge in [-0.3, -0.25) is 9.59 Å². The Morgan fingerprint density at radius 2 is 2.32 bits per heavy atom. The van der Waals surface area contributed by atoms with Crippen LogP contribution in [0.15, 0.2) is 12.3 Å². The fourth-order valence-electron chi connectivity index (χ4n) is 2.80. The number of fused-ring (bicyclic) bond motifs is 1. The van der Waals surface area contributed by atoms with Crippen LogP contribution >= 0.6 is 0 Å². The molecule has 0 saturated carbocycles. The third kappa shape index (κ3) is 1.97. The average Bonchev–Trinajstić information content (AvgIpc) is 3.05. The first kappa shape index (κ1) is 11.8. The fourth-order valence-corrected chi connectivity index (χ4v) is 2.80. The molecule has 1 atom stereocenters. The van der Waals surface area contributed by atoms with E-state index in [1.165, 1.54) is 6.20 Å². The van der Waals surface area contributed by atoms with E-state index in [1.807, 2.05) is 11.0 Å². The highest BCUT2D eigenvalue weighted by Crippen LogP contribution is 2.23. The van der Waals surface area contributed by atoms with Crippen LogP contribution in [0.5, 0.6) is 0 Å². The Balaban J connectivity index is 1.72. The fraction of sp³-hybridized carbons (Fsp3) is 0.462. The molecule has 6 heteroatoms. The van der Waals surface area contributed by atoms with Gasteiger partial charge < -0.3 is 14.8 Å². The molecule has 1 N–H and O–H groups in total. The number of hydrogen-bond donors (Lipinski definition) is 1. The molecule has 0 spiro atoms. The molecule has 0 unspecified atom stereocenters. The van der Waals surface area contributed by atoms with Crippen LogP contribution in [0, 0.1) is 11.3 Å². The van der Waals surface area contributed by atoms with Crippen LogP contribution in [0.2, 0.25) is 0 Å². The van der Waals surface area contributed by atoms with Gasteiger partial charge in [0.25, 0.3) is 5.91 Å². The van der Waals surface area contributed by atoms with Gasteiger partial charge in [0.15, 0.2) is 0 Å². The number of hydrogen-bond acceptors (Lipinski definition) is 3. The maximum atomic E-state index is 12.3. The van der Waals surface area contributed by atoms with Crippen LogP contribution in [-0.4, -0.2) is 52.3 Å². The summed E-state index contributed by atoms with van der Waals surface area (Å²) in [7, 11) is 0. The van der Waals surface area contributed by atoms with E-state index in [1.54, 1.807) is 11.0 Å². The van der Waals surface area contributed by atoms with E-state index in [-0.39, 0.29) is 17.9 Å². The summed E-state index contributed by atoms with van der Waals surface area (Å²) >= 11 is 0. The normalized spacial score (nSPS) is 22.3. The molecule has 0 aromatic carbocycles. The van der Waals surface area contributed by atoms with Crippen LogP contribution < -0.4 is 0 Å². The number of piperazine rings is 1. The third-order valence-corrected chi connectivity index (χ3v) is 3.82. The zero-order valence-corrected chi connectivity index (χ0v) is 10.4. The van der Waals surface area contributed by atoms with Crippen molar-refractivity contribution >= 4 is 11.8 Å². The second-order valence-electron chi connectivity index (χ2n) is 4.94. The SMILES string of the molecule is N#Cc1c[nH]c(C(=O)N2CCN3C(=O)CC[C@H]3C2)c1. The third-order valence-electron chi connectivity index (χ3n) is 3.82. The van der Waals surface area contributed by atoms with Gasteiger partial charge in [-0.25, -0.2) is 0 Å². The number of amides is 2. The van der Waals surface area contributed by atoms with Crippen LogP contribution in [0.3, 0.4) is 0 Å². The smallest absolute Gasteiger partial charge is 0.270 e. The molecule has 3 rings (SSSR count). The molecule has 1 aromatic heterocycles. The summed E-state index contributed by atoms with van der Waals surface area (Å²) < 4.78 is 0. The van der Waals surface area contributed by atoms with Gasteiger partial charge in [0.2, 0.25) is 5.91 Å². The zero-order chi connectivity index (χ0) is 13.4. The number of rotatable bonds is 1. The van der Waals surface area contributed by atoms with Gasteiger partial charge in [-0.05, 0) is 12.5 Å². The van der Waals surface area contributed by atoms with E-state index < -0.39 is 0 Å². The number of H-pyrrole nitrogens is 1. The standard InChI is InChI=1S/C13H14N4O2/c14-6-9-5-11(15-7-9)13(19)16-3-4-17-10(8-16)1-2-12(17)18/h5,7,10,15H,1-4,8H2/t10-/m0/s1. The van der Waals surface area contributed by atoms with Gasteiger partial charge in [0, 0.05) is 38.3 Å². The highest BCUT2D eigenvalue weighted by Gasteiger charge is 2.37. The summed E-state index contributed by atoms with van der Waals surface area (Å²) in [5.41, 5.74) is 0.896. The monoisotopic (exact) mass is 258 g/mol. The lowest BCUT2D eigenvalue weighted by Gasteiger charge is -2.37. The van der Waals surface area contributed by atoms with Crippen molar-refractivity contribution in [3.8, 4) is 6.07 Å². The summed E-state index contributed by atoms with van der Waals surface area (Å²) in [5, 5.41) is 8.76. The van der Waals surface area contributed by atoms with Gasteiger partial charge in [0.05, 0.1) is 5.56 Å². The maximum Gasteiger partial charge on any atom is 0.270 e. The molecule has 2 amide bonds. The zero-order valence-electron chi connectivity index (χ0n) is 10.4. The Labute approximate surface area is 110 Å². The van der Waals surface area contributed by atoms with E-state index in [0.29, 0.717) is 37.3 Å². The molecule has 2 aliphatic heterocycles. The minimum Gasteiger partial charge on any atom is -0.356 e. The molecule has 6 nitrogen and oxygen atoms in total. The van der Waals surface area contributed by atoms with E-state index in [9.17, 15) is 9.59 Å². The van der Waals surface area contributed by atoms with Crippen molar-refractivity contribution < 1.29 is 9.59 Å². The summed E-state index contributed by atoms with van der Waals surface area (Å²) in [6, 6.07) is 3.72. The molecule has 1 aromatic rings. The van der Waals surface area contributed by atoms with E-state index in [0.717, 1.165) is 6.42 Å². The average molecular weight is 258 g/mol. The molecular weight excluding hydrogens is 244 g/mol. The maximum absolute atomic E-state index is 12.3. The number of aromatic nitrogens is 1. The minimum atomic E-state index is -0.0968. The summed E-state index contributed by atoms with van der Waals surface area (Å²) in [4.78, 5) is 30.3. The first-order valence-corrected chi connectivity index (χ1v) is 6.36. The molecule has 0 bridgehead atoms. The van der Waals surface area contributed by atoms with Gasteiger partial charge >= 0.3 is 0 Å². The lowest BCUT2D eigenvalue weighted by atomic mass is 10.1. The van der Waals surface area contributed by atoms with Gasteiger partial charge in [-0.2, -0.15) is 5.26 Å². The van der Waals surface area contributed by atoms with Gasteiger partial charge in [0.1, 0.15) is 11.8 Å². The number of carbonyl (C=O) groups is 2. The first-order valence-electron chi connectivity index (χ1n) is 6.36. The van der Waals surface area contributed by atoms with Crippen molar-refractivity contribution in [2.24, 2.45) is 0 Å². The molecule has 2 saturated heterocycles. The second kappa shape index (κ2) is 4.43. The quantitative estimate of drug-likeness (QED) is 0.788. The van der Waals surface area contributed by atoms with E-state index in [2.05, 4.69) is 4.98 Å². The van der Waals surface area contributed by atoms with Crippen molar-refractivity contribution in [2.75, 3.05) is 19.6 Å². The Morgan fingerprint density at radius 1 is 1.47 bits per heavy atom. The molecule has 0 aliphatic carbocycles. The Morgan fingerprint density at radius 3 is 3.05 bits per heavy atom. The van der Waals surface area contributed by atoms with Crippen LogP contribution in [0.4, 0.5) is 0 Å². The molecule has 19 heavy (non-hydrogen) atoms. The summed E-state index contributed by atoms with van der Waals surface area (Å²) in [5.74, 6) is 0.101. The van der Waals surface area contributed by atoms with Crippen LogP contribution in [0.1, 0.15) is 28.9 Å². The molecular formula is C13H14N4O2. The lowest BCUT2D eigenvalue weighted by molar-refractivity contribution is -0.130. The number of nitrogens with one attached hydrogen (secondary N) is 1. The highest BCUT2D eigenvalue weighted by molar-refractivity contribution is 5.93. The minimum absolute atomic E-state index is 0.0968. The predicted octanol–water partition coefficient (Wildman–Crippen LogP) is 0.333. The van der Waals surface area contributed by atoms with Crippen molar-refractivity contribution in [1.82, 2.24) is 14.8 Å². The Kier molecular flexibility index (Phi) is 2.75. The summed E-state index contributed by atoms with van der Waals surface area (Å²) in [6.07, 6.45) is 2.95. The molecule has 2 fully saturated rings. The largest absolute Gasteiger partial charge is 0.356 e. The molecule has 3 heterocycles. The van der Waals surface area contributed by atoms with Crippen LogP contribution in [-0.2, 0) is 4.79 Å². The molecule has 98 valence electrons. The van der Waals surface area contributed by atoms with Gasteiger partial charge in [-0.1, -0.05) is 0 Å². The number of aromatic amines is 1. The topological polar surface area (TPSA) is 80.2 Å².